The van der Waals surface area contributed by atoms with Gasteiger partial charge in [-0.3, -0.25) is 29.8 Å². The number of rotatable bonds is 8. The van der Waals surface area contributed by atoms with E-state index >= 15 is 0 Å². The monoisotopic (exact) mass is 478 g/mol. The van der Waals surface area contributed by atoms with Crippen molar-refractivity contribution in [3.05, 3.63) is 48.0 Å². The highest BCUT2D eigenvalue weighted by molar-refractivity contribution is 8.03. The molecule has 3 aromatic heterocycles. The van der Waals surface area contributed by atoms with Gasteiger partial charge in [-0.25, -0.2) is 0 Å². The van der Waals surface area contributed by atoms with Crippen molar-refractivity contribution in [3.63, 3.8) is 0 Å². The van der Waals surface area contributed by atoms with Crippen molar-refractivity contribution in [1.82, 2.24) is 30.0 Å². The van der Waals surface area contributed by atoms with Gasteiger partial charge >= 0.3 is 0 Å². The number of carbonyl (C=O) groups is 4. The lowest BCUT2D eigenvalue weighted by Crippen LogP contribution is -2.32. The third-order valence-corrected chi connectivity index (χ3v) is 7.09. The number of imide groups is 2. The molecule has 0 aliphatic heterocycles. The van der Waals surface area contributed by atoms with Gasteiger partial charge in [0.05, 0.1) is 11.5 Å². The molecule has 0 radical (unpaired) electrons. The fraction of sp³-hybridized carbons (Fsp3) is 0.222. The van der Waals surface area contributed by atoms with Gasteiger partial charge in [0.15, 0.2) is 8.68 Å². The molecule has 0 bridgehead atoms. The van der Waals surface area contributed by atoms with Crippen LogP contribution in [-0.4, -0.2) is 54.5 Å². The van der Waals surface area contributed by atoms with Crippen LogP contribution in [0.3, 0.4) is 0 Å². The molecule has 13 heteroatoms. The molecule has 0 aliphatic carbocycles. The summed E-state index contributed by atoms with van der Waals surface area (Å²) in [5, 5.41) is 12.6. The molecule has 0 unspecified atom stereocenters. The summed E-state index contributed by atoms with van der Waals surface area (Å²) in [6.45, 7) is 0. The summed E-state index contributed by atoms with van der Waals surface area (Å²) in [4.78, 5) is 48.0. The zero-order chi connectivity index (χ0) is 22.4. The number of hydrogen-bond acceptors (Lipinski definition) is 9. The molecule has 0 saturated carbocycles. The first kappa shape index (κ1) is 22.8. The van der Waals surface area contributed by atoms with Gasteiger partial charge in [0.25, 0.3) is 11.8 Å². The van der Waals surface area contributed by atoms with Crippen LogP contribution in [-0.2, 0) is 23.7 Å². The van der Waals surface area contributed by atoms with Crippen molar-refractivity contribution in [2.75, 3.05) is 11.5 Å². The van der Waals surface area contributed by atoms with Crippen molar-refractivity contribution < 1.29 is 19.2 Å². The first-order valence-electron chi connectivity index (χ1n) is 8.83. The molecule has 0 fully saturated rings. The van der Waals surface area contributed by atoms with Gasteiger partial charge in [-0.2, -0.15) is 0 Å². The highest BCUT2D eigenvalue weighted by Crippen LogP contribution is 2.28. The van der Waals surface area contributed by atoms with E-state index in [9.17, 15) is 19.2 Å². The van der Waals surface area contributed by atoms with Gasteiger partial charge in [-0.05, 0) is 24.3 Å². The van der Waals surface area contributed by atoms with Crippen LogP contribution >= 0.6 is 34.9 Å². The Bertz CT molecular complexity index is 1030. The van der Waals surface area contributed by atoms with Gasteiger partial charge in [-0.15, -0.1) is 10.2 Å². The molecule has 2 N–H and O–H groups in total. The summed E-state index contributed by atoms with van der Waals surface area (Å²) < 4.78 is 4.30. The van der Waals surface area contributed by atoms with Gasteiger partial charge in [0.1, 0.15) is 11.4 Å². The quantitative estimate of drug-likeness (QED) is 0.464. The maximum Gasteiger partial charge on any atom is 0.274 e. The molecule has 162 valence electrons. The van der Waals surface area contributed by atoms with E-state index in [1.165, 1.54) is 11.3 Å². The minimum atomic E-state index is -0.470. The predicted molar refractivity (Wildman–Crippen MR) is 117 cm³/mol. The Morgan fingerprint density at radius 2 is 1.26 bits per heavy atom. The van der Waals surface area contributed by atoms with Crippen molar-refractivity contribution in [2.45, 2.75) is 8.68 Å². The fourth-order valence-electron chi connectivity index (χ4n) is 2.42. The molecule has 0 atom stereocenters. The largest absolute Gasteiger partial charge is 0.347 e. The van der Waals surface area contributed by atoms with Crippen LogP contribution in [0.2, 0.25) is 0 Å². The summed E-state index contributed by atoms with van der Waals surface area (Å²) in [6.07, 6.45) is 3.43. The molecular weight excluding hydrogens is 460 g/mol. The van der Waals surface area contributed by atoms with Crippen LogP contribution in [0, 0.1) is 0 Å². The number of amides is 4. The average molecular weight is 479 g/mol. The molecule has 31 heavy (non-hydrogen) atoms. The van der Waals surface area contributed by atoms with Crippen LogP contribution in [0.1, 0.15) is 21.0 Å². The molecule has 0 aliphatic rings. The van der Waals surface area contributed by atoms with Crippen LogP contribution in [0.25, 0.3) is 0 Å². The summed E-state index contributed by atoms with van der Waals surface area (Å²) in [5.74, 6) is -1.83. The lowest BCUT2D eigenvalue weighted by Gasteiger charge is -2.04. The summed E-state index contributed by atoms with van der Waals surface area (Å²) >= 11 is 3.50. The summed E-state index contributed by atoms with van der Waals surface area (Å²) in [5.41, 5.74) is 0.772. The first-order chi connectivity index (χ1) is 14.8. The number of aryl methyl sites for hydroxylation is 2. The standard InChI is InChI=1S/C18H18N6O4S3/c1-23-7-3-5-11(23)15(27)19-13(25)9-29-17-21-22-18(31-17)30-10-14(26)20-16(28)12-6-4-8-24(12)2/h3-8H,9-10H2,1-2H3,(H,19,25,27)(H,20,26,28). The third kappa shape index (κ3) is 6.29. The highest BCUT2D eigenvalue weighted by Gasteiger charge is 2.16. The number of nitrogens with zero attached hydrogens (tertiary/aromatic N) is 4. The number of thioether (sulfide) groups is 2. The average Bonchev–Trinajstić information content (AvgIpc) is 3.45. The van der Waals surface area contributed by atoms with E-state index in [-0.39, 0.29) is 11.5 Å². The molecule has 3 rings (SSSR count). The molecule has 4 amide bonds. The second-order valence-electron chi connectivity index (χ2n) is 6.17. The van der Waals surface area contributed by atoms with Crippen molar-refractivity contribution in [2.24, 2.45) is 14.1 Å². The second-order valence-corrected chi connectivity index (χ2v) is 9.60. The van der Waals surface area contributed by atoms with Crippen LogP contribution < -0.4 is 10.6 Å². The number of nitrogens with one attached hydrogen (secondary N) is 2. The predicted octanol–water partition coefficient (Wildman–Crippen LogP) is 1.31. The van der Waals surface area contributed by atoms with Gasteiger partial charge in [0, 0.05) is 26.5 Å². The molecule has 0 spiro atoms. The third-order valence-electron chi connectivity index (χ3n) is 3.90. The van der Waals surface area contributed by atoms with Gasteiger partial charge < -0.3 is 9.13 Å². The lowest BCUT2D eigenvalue weighted by atomic mass is 10.4. The Kier molecular flexibility index (Phi) is 7.65. The Hall–Kier alpha value is -2.90. The van der Waals surface area contributed by atoms with Crippen molar-refractivity contribution >= 4 is 58.5 Å². The molecule has 0 saturated heterocycles. The van der Waals surface area contributed by atoms with E-state index < -0.39 is 23.6 Å². The van der Waals surface area contributed by atoms with Crippen molar-refractivity contribution in [1.29, 1.82) is 0 Å². The van der Waals surface area contributed by atoms with Crippen molar-refractivity contribution in [3.8, 4) is 0 Å². The minimum Gasteiger partial charge on any atom is -0.347 e. The smallest absolute Gasteiger partial charge is 0.274 e. The van der Waals surface area contributed by atoms with Crippen LogP contribution in [0.5, 0.6) is 0 Å². The van der Waals surface area contributed by atoms with E-state index in [4.69, 9.17) is 0 Å². The highest BCUT2D eigenvalue weighted by atomic mass is 32.2. The molecule has 3 aromatic rings. The SMILES string of the molecule is Cn1cccc1C(=O)NC(=O)CSc1nnc(SCC(=O)NC(=O)c2cccn2C)s1. The fourth-order valence-corrected chi connectivity index (χ4v) is 5.04. The molecule has 3 heterocycles. The van der Waals surface area contributed by atoms with E-state index in [2.05, 4.69) is 20.8 Å². The van der Waals surface area contributed by atoms with Gasteiger partial charge in [-0.1, -0.05) is 34.9 Å². The molecular formula is C18H18N6O4S3. The number of hydrogen-bond donors (Lipinski definition) is 2. The van der Waals surface area contributed by atoms with Crippen LogP contribution in [0.4, 0.5) is 0 Å². The molecule has 10 nitrogen and oxygen atoms in total. The molecule has 0 aromatic carbocycles. The number of carbonyl (C=O) groups excluding carboxylic acids is 4. The minimum absolute atomic E-state index is 0.00111. The second kappa shape index (κ2) is 10.4. The lowest BCUT2D eigenvalue weighted by molar-refractivity contribution is -0.118. The summed E-state index contributed by atoms with van der Waals surface area (Å²) in [7, 11) is 3.43. The zero-order valence-electron chi connectivity index (χ0n) is 16.5. The Balaban J connectivity index is 1.41. The summed E-state index contributed by atoms with van der Waals surface area (Å²) in [6, 6.07) is 6.67. The van der Waals surface area contributed by atoms with E-state index in [0.29, 0.717) is 20.1 Å². The number of aromatic nitrogens is 4. The van der Waals surface area contributed by atoms with Gasteiger partial charge in [0.2, 0.25) is 11.8 Å². The topological polar surface area (TPSA) is 128 Å². The maximum atomic E-state index is 12.0. The Morgan fingerprint density at radius 3 is 1.61 bits per heavy atom. The Labute approximate surface area is 189 Å². The van der Waals surface area contributed by atoms with Crippen LogP contribution in [0.15, 0.2) is 45.3 Å². The normalized spacial score (nSPS) is 10.6. The zero-order valence-corrected chi connectivity index (χ0v) is 19.0. The van der Waals surface area contributed by atoms with E-state index in [1.807, 2.05) is 0 Å². The first-order valence-corrected chi connectivity index (χ1v) is 11.6. The van der Waals surface area contributed by atoms with E-state index in [0.717, 1.165) is 23.5 Å². The maximum absolute atomic E-state index is 12.0. The Morgan fingerprint density at radius 1 is 0.839 bits per heavy atom. The van der Waals surface area contributed by atoms with E-state index in [1.54, 1.807) is 59.9 Å².